The van der Waals surface area contributed by atoms with Gasteiger partial charge in [-0.3, -0.25) is 4.79 Å². The Hall–Kier alpha value is -0.610. The molecule has 0 bridgehead atoms. The van der Waals surface area contributed by atoms with E-state index < -0.39 is 18.0 Å². The number of carbonyl (C=O) groups is 1. The number of aliphatic hydroxyl groups excluding tert-OH is 1. The Morgan fingerprint density at radius 2 is 2.20 bits per heavy atom. The molecule has 1 fully saturated rings. The second-order valence-electron chi connectivity index (χ2n) is 2.46. The standard InChI is InChI=1S/C6H10O4/c7-5-1-4(6(8)9)2-10-3-5/h4-5,7H,1-3H2,(H,8,9)/t4-,5+/m1/s1. The summed E-state index contributed by atoms with van der Waals surface area (Å²) in [5.74, 6) is -1.41. The van der Waals surface area contributed by atoms with Gasteiger partial charge in [-0.15, -0.1) is 0 Å². The summed E-state index contributed by atoms with van der Waals surface area (Å²) in [4.78, 5) is 10.3. The smallest absolute Gasteiger partial charge is 0.308 e. The third-order valence-electron chi connectivity index (χ3n) is 1.54. The van der Waals surface area contributed by atoms with Crippen molar-refractivity contribution >= 4 is 5.97 Å². The maximum atomic E-state index is 10.3. The van der Waals surface area contributed by atoms with Gasteiger partial charge in [-0.1, -0.05) is 0 Å². The van der Waals surface area contributed by atoms with Gasteiger partial charge in [0.1, 0.15) is 0 Å². The lowest BCUT2D eigenvalue weighted by Crippen LogP contribution is -2.33. The Morgan fingerprint density at radius 3 is 2.60 bits per heavy atom. The minimum Gasteiger partial charge on any atom is -0.481 e. The van der Waals surface area contributed by atoms with Crippen LogP contribution < -0.4 is 0 Å². The van der Waals surface area contributed by atoms with E-state index in [9.17, 15) is 4.79 Å². The quantitative estimate of drug-likeness (QED) is 0.521. The van der Waals surface area contributed by atoms with Crippen molar-refractivity contribution in [2.24, 2.45) is 5.92 Å². The van der Waals surface area contributed by atoms with Crippen LogP contribution in [0.4, 0.5) is 0 Å². The summed E-state index contributed by atoms with van der Waals surface area (Å²) in [6, 6.07) is 0. The van der Waals surface area contributed by atoms with Gasteiger partial charge in [0.15, 0.2) is 0 Å². The maximum Gasteiger partial charge on any atom is 0.308 e. The number of carboxylic acid groups (broad SMARTS) is 1. The third-order valence-corrected chi connectivity index (χ3v) is 1.54. The number of aliphatic hydroxyl groups is 1. The third kappa shape index (κ3) is 1.68. The highest BCUT2D eigenvalue weighted by Gasteiger charge is 2.25. The molecule has 0 aliphatic carbocycles. The average Bonchev–Trinajstić information content (AvgIpc) is 1.88. The van der Waals surface area contributed by atoms with E-state index in [2.05, 4.69) is 0 Å². The van der Waals surface area contributed by atoms with Gasteiger partial charge in [-0.25, -0.2) is 0 Å². The van der Waals surface area contributed by atoms with E-state index in [1.807, 2.05) is 0 Å². The summed E-state index contributed by atoms with van der Waals surface area (Å²) in [5.41, 5.74) is 0. The number of ether oxygens (including phenoxy) is 1. The van der Waals surface area contributed by atoms with Crippen molar-refractivity contribution in [3.63, 3.8) is 0 Å². The Balaban J connectivity index is 2.39. The fraction of sp³-hybridized carbons (Fsp3) is 0.833. The second-order valence-corrected chi connectivity index (χ2v) is 2.46. The van der Waals surface area contributed by atoms with Crippen molar-refractivity contribution in [1.82, 2.24) is 0 Å². The molecule has 1 rings (SSSR count). The number of hydrogen-bond donors (Lipinski definition) is 2. The van der Waals surface area contributed by atoms with Crippen molar-refractivity contribution < 1.29 is 19.7 Å². The van der Waals surface area contributed by atoms with Crippen LogP contribution in [0.2, 0.25) is 0 Å². The van der Waals surface area contributed by atoms with Gasteiger partial charge in [-0.2, -0.15) is 0 Å². The second kappa shape index (κ2) is 2.98. The van der Waals surface area contributed by atoms with Gasteiger partial charge in [-0.05, 0) is 6.42 Å². The molecule has 0 spiro atoms. The van der Waals surface area contributed by atoms with Crippen LogP contribution in [0.25, 0.3) is 0 Å². The topological polar surface area (TPSA) is 66.8 Å². The van der Waals surface area contributed by atoms with Gasteiger partial charge in [0.25, 0.3) is 0 Å². The molecule has 0 aromatic carbocycles. The molecule has 0 saturated carbocycles. The molecule has 0 amide bonds. The van der Waals surface area contributed by atoms with E-state index >= 15 is 0 Å². The fourth-order valence-corrected chi connectivity index (χ4v) is 0.983. The largest absolute Gasteiger partial charge is 0.481 e. The predicted molar refractivity (Wildman–Crippen MR) is 32.6 cm³/mol. The highest BCUT2D eigenvalue weighted by atomic mass is 16.5. The van der Waals surface area contributed by atoms with E-state index in [0.717, 1.165) is 0 Å². The van der Waals surface area contributed by atoms with Crippen LogP contribution >= 0.6 is 0 Å². The molecular formula is C6H10O4. The van der Waals surface area contributed by atoms with Gasteiger partial charge >= 0.3 is 5.97 Å². The van der Waals surface area contributed by atoms with Crippen molar-refractivity contribution in [2.45, 2.75) is 12.5 Å². The molecule has 58 valence electrons. The maximum absolute atomic E-state index is 10.3. The Morgan fingerprint density at radius 1 is 1.50 bits per heavy atom. The summed E-state index contributed by atoms with van der Waals surface area (Å²) in [5, 5.41) is 17.4. The molecule has 10 heavy (non-hydrogen) atoms. The summed E-state index contributed by atoms with van der Waals surface area (Å²) in [6.45, 7) is 0.496. The molecule has 1 heterocycles. The van der Waals surface area contributed by atoms with Gasteiger partial charge < -0.3 is 14.9 Å². The summed E-state index contributed by atoms with van der Waals surface area (Å²) in [6.07, 6.45) is -0.287. The Labute approximate surface area is 58.4 Å². The zero-order chi connectivity index (χ0) is 7.56. The number of hydrogen-bond acceptors (Lipinski definition) is 3. The van der Waals surface area contributed by atoms with Crippen LogP contribution in [-0.4, -0.2) is 35.5 Å². The summed E-state index contributed by atoms with van der Waals surface area (Å²) >= 11 is 0. The number of carboxylic acids is 1. The fourth-order valence-electron chi connectivity index (χ4n) is 0.983. The van der Waals surface area contributed by atoms with Crippen molar-refractivity contribution in [3.05, 3.63) is 0 Å². The summed E-state index contributed by atoms with van der Waals surface area (Å²) in [7, 11) is 0. The van der Waals surface area contributed by atoms with Crippen LogP contribution in [-0.2, 0) is 9.53 Å². The molecule has 0 aromatic rings. The van der Waals surface area contributed by atoms with E-state index in [-0.39, 0.29) is 13.2 Å². The molecule has 1 aliphatic heterocycles. The number of aliphatic carboxylic acids is 1. The molecule has 0 unspecified atom stereocenters. The van der Waals surface area contributed by atoms with E-state index in [4.69, 9.17) is 14.9 Å². The zero-order valence-corrected chi connectivity index (χ0v) is 5.49. The van der Waals surface area contributed by atoms with Crippen LogP contribution in [0.15, 0.2) is 0 Å². The average molecular weight is 146 g/mol. The lowest BCUT2D eigenvalue weighted by Gasteiger charge is -2.22. The molecule has 2 N–H and O–H groups in total. The van der Waals surface area contributed by atoms with Gasteiger partial charge in [0.05, 0.1) is 25.2 Å². The van der Waals surface area contributed by atoms with E-state index in [1.165, 1.54) is 0 Å². The van der Waals surface area contributed by atoms with Crippen molar-refractivity contribution in [1.29, 1.82) is 0 Å². The van der Waals surface area contributed by atoms with E-state index in [0.29, 0.717) is 6.42 Å². The normalized spacial score (nSPS) is 33.7. The molecule has 1 saturated heterocycles. The first-order valence-corrected chi connectivity index (χ1v) is 3.18. The van der Waals surface area contributed by atoms with Gasteiger partial charge in [0, 0.05) is 0 Å². The first-order chi connectivity index (χ1) is 4.70. The molecule has 4 heteroatoms. The monoisotopic (exact) mass is 146 g/mol. The first-order valence-electron chi connectivity index (χ1n) is 3.18. The van der Waals surface area contributed by atoms with Crippen LogP contribution in [0, 0.1) is 5.92 Å². The number of rotatable bonds is 1. The highest BCUT2D eigenvalue weighted by Crippen LogP contribution is 2.13. The zero-order valence-electron chi connectivity index (χ0n) is 5.49. The predicted octanol–water partition coefficient (Wildman–Crippen LogP) is -0.532. The molecule has 0 radical (unpaired) electrons. The molecule has 1 aliphatic rings. The van der Waals surface area contributed by atoms with Crippen molar-refractivity contribution in [2.75, 3.05) is 13.2 Å². The molecular weight excluding hydrogens is 136 g/mol. The SMILES string of the molecule is O=C(O)[C@H]1COC[C@@H](O)C1. The molecule has 2 atom stereocenters. The Bertz CT molecular complexity index is 134. The van der Waals surface area contributed by atoms with Gasteiger partial charge in [0.2, 0.25) is 0 Å². The first kappa shape index (κ1) is 7.50. The lowest BCUT2D eigenvalue weighted by molar-refractivity contribution is -0.149. The van der Waals surface area contributed by atoms with E-state index in [1.54, 1.807) is 0 Å². The van der Waals surface area contributed by atoms with Crippen LogP contribution in [0.3, 0.4) is 0 Å². The lowest BCUT2D eigenvalue weighted by atomic mass is 10.0. The molecule has 0 aromatic heterocycles. The minimum atomic E-state index is -0.890. The minimum absolute atomic E-state index is 0.229. The summed E-state index contributed by atoms with van der Waals surface area (Å²) < 4.78 is 4.82. The Kier molecular flexibility index (Phi) is 2.24. The van der Waals surface area contributed by atoms with Crippen LogP contribution in [0.1, 0.15) is 6.42 Å². The highest BCUT2D eigenvalue weighted by molar-refractivity contribution is 5.70. The van der Waals surface area contributed by atoms with Crippen LogP contribution in [0.5, 0.6) is 0 Å². The van der Waals surface area contributed by atoms with Crippen molar-refractivity contribution in [3.8, 4) is 0 Å². The molecule has 4 nitrogen and oxygen atoms in total.